The first-order valence-electron chi connectivity index (χ1n) is 6.41. The largest absolute Gasteiger partial charge is 0.309 e. The van der Waals surface area contributed by atoms with Gasteiger partial charge in [-0.05, 0) is 18.7 Å². The van der Waals surface area contributed by atoms with Crippen molar-refractivity contribution >= 4 is 39.4 Å². The molecule has 3 rings (SSSR count). The second kappa shape index (κ2) is 5.85. The van der Waals surface area contributed by atoms with E-state index in [0.717, 1.165) is 26.6 Å². The molecule has 0 saturated carbocycles. The highest BCUT2D eigenvalue weighted by molar-refractivity contribution is 8.01. The summed E-state index contributed by atoms with van der Waals surface area (Å²) in [5.74, 6) is 0. The number of hydrogen-bond donors (Lipinski definition) is 1. The van der Waals surface area contributed by atoms with Gasteiger partial charge in [0.25, 0.3) is 0 Å². The van der Waals surface area contributed by atoms with Crippen LogP contribution in [-0.2, 0) is 6.54 Å². The number of hydrogen-bond acceptors (Lipinski definition) is 6. The molecule has 0 aliphatic heterocycles. The molecule has 0 bridgehead atoms. The van der Waals surface area contributed by atoms with Gasteiger partial charge < -0.3 is 5.32 Å². The smallest absolute Gasteiger partial charge is 0.194 e. The Hall–Kier alpha value is -0.890. The first kappa shape index (κ1) is 14.1. The number of fused-ring (bicyclic) bond motifs is 1. The Morgan fingerprint density at radius 1 is 1.35 bits per heavy atom. The zero-order valence-corrected chi connectivity index (χ0v) is 14.0. The summed E-state index contributed by atoms with van der Waals surface area (Å²) in [6.45, 7) is 7.15. The highest BCUT2D eigenvalue weighted by Crippen LogP contribution is 2.33. The molecule has 0 unspecified atom stereocenters. The normalized spacial score (nSPS) is 11.8. The second-order valence-corrected chi connectivity index (χ2v) is 7.78. The molecule has 1 N–H and O–H groups in total. The van der Waals surface area contributed by atoms with Gasteiger partial charge in [-0.15, -0.1) is 22.7 Å². The number of nitrogens with one attached hydrogen (secondary N) is 1. The van der Waals surface area contributed by atoms with Gasteiger partial charge in [0, 0.05) is 35.2 Å². The van der Waals surface area contributed by atoms with E-state index in [4.69, 9.17) is 4.98 Å². The molecule has 0 saturated heterocycles. The van der Waals surface area contributed by atoms with Crippen LogP contribution in [0.3, 0.4) is 0 Å². The van der Waals surface area contributed by atoms with Crippen molar-refractivity contribution in [3.63, 3.8) is 0 Å². The zero-order valence-electron chi connectivity index (χ0n) is 11.6. The van der Waals surface area contributed by atoms with E-state index in [1.54, 1.807) is 34.4 Å². The average Bonchev–Trinajstić information content (AvgIpc) is 3.04. The molecule has 0 spiro atoms. The van der Waals surface area contributed by atoms with E-state index in [2.05, 4.69) is 45.5 Å². The van der Waals surface area contributed by atoms with Crippen molar-refractivity contribution in [2.75, 3.05) is 0 Å². The van der Waals surface area contributed by atoms with Crippen LogP contribution in [-0.4, -0.2) is 20.4 Å². The van der Waals surface area contributed by atoms with E-state index < -0.39 is 0 Å². The van der Waals surface area contributed by atoms with Gasteiger partial charge in [0.15, 0.2) is 9.30 Å². The number of rotatable bonds is 5. The maximum absolute atomic E-state index is 4.73. The van der Waals surface area contributed by atoms with Gasteiger partial charge in [-0.3, -0.25) is 4.40 Å². The molecule has 0 aromatic carbocycles. The molecular formula is C13H16N4S3. The molecule has 0 aliphatic rings. The van der Waals surface area contributed by atoms with E-state index in [-0.39, 0.29) is 0 Å². The van der Waals surface area contributed by atoms with Crippen molar-refractivity contribution in [1.29, 1.82) is 0 Å². The third kappa shape index (κ3) is 2.90. The fourth-order valence-electron chi connectivity index (χ4n) is 1.82. The molecule has 0 fully saturated rings. The third-order valence-corrected chi connectivity index (χ3v) is 5.62. The highest BCUT2D eigenvalue weighted by atomic mass is 32.2. The van der Waals surface area contributed by atoms with E-state index in [0.29, 0.717) is 6.04 Å². The van der Waals surface area contributed by atoms with Gasteiger partial charge in [-0.25, -0.2) is 9.97 Å². The van der Waals surface area contributed by atoms with Gasteiger partial charge in [0.1, 0.15) is 5.03 Å². The fraction of sp³-hybridized carbons (Fsp3) is 0.385. The molecule has 4 nitrogen and oxygen atoms in total. The molecule has 7 heteroatoms. The third-order valence-electron chi connectivity index (χ3n) is 2.78. The van der Waals surface area contributed by atoms with Crippen LogP contribution in [0.1, 0.15) is 25.2 Å². The Bertz CT molecular complexity index is 710. The maximum Gasteiger partial charge on any atom is 0.194 e. The Morgan fingerprint density at radius 2 is 2.20 bits per heavy atom. The van der Waals surface area contributed by atoms with Crippen molar-refractivity contribution in [3.8, 4) is 0 Å². The summed E-state index contributed by atoms with van der Waals surface area (Å²) < 4.78 is 3.22. The number of aryl methyl sites for hydroxylation is 1. The topological polar surface area (TPSA) is 42.2 Å². The fourth-order valence-corrected chi connectivity index (χ4v) is 4.48. The molecule has 106 valence electrons. The molecule has 0 amide bonds. The lowest BCUT2D eigenvalue weighted by molar-refractivity contribution is 0.574. The standard InChI is InChI=1S/C13H16N4S3/c1-8(2)14-6-10-11(16-12-17(10)4-5-18-12)20-13-15-9(3)7-19-13/h4-5,7-8,14H,6H2,1-3H3. The van der Waals surface area contributed by atoms with Crippen molar-refractivity contribution < 1.29 is 0 Å². The monoisotopic (exact) mass is 324 g/mol. The maximum atomic E-state index is 4.73. The van der Waals surface area contributed by atoms with E-state index >= 15 is 0 Å². The van der Waals surface area contributed by atoms with Crippen LogP contribution in [0.4, 0.5) is 0 Å². The van der Waals surface area contributed by atoms with Crippen LogP contribution in [0, 0.1) is 6.92 Å². The van der Waals surface area contributed by atoms with Gasteiger partial charge in [-0.2, -0.15) is 0 Å². The minimum absolute atomic E-state index is 0.458. The van der Waals surface area contributed by atoms with Crippen molar-refractivity contribution in [1.82, 2.24) is 19.7 Å². The average molecular weight is 325 g/mol. The molecule has 3 heterocycles. The Kier molecular flexibility index (Phi) is 4.11. The predicted molar refractivity (Wildman–Crippen MR) is 86.0 cm³/mol. The summed E-state index contributed by atoms with van der Waals surface area (Å²) in [5.41, 5.74) is 2.29. The van der Waals surface area contributed by atoms with Gasteiger partial charge in [0.2, 0.25) is 0 Å². The summed E-state index contributed by atoms with van der Waals surface area (Å²) in [7, 11) is 0. The quantitative estimate of drug-likeness (QED) is 0.775. The van der Waals surface area contributed by atoms with Gasteiger partial charge in [-0.1, -0.05) is 13.8 Å². The Labute approximate surface area is 130 Å². The van der Waals surface area contributed by atoms with Crippen LogP contribution < -0.4 is 5.32 Å². The van der Waals surface area contributed by atoms with Crippen molar-refractivity contribution in [2.24, 2.45) is 0 Å². The molecule has 3 aromatic heterocycles. The van der Waals surface area contributed by atoms with E-state index in [1.807, 2.05) is 6.92 Å². The highest BCUT2D eigenvalue weighted by Gasteiger charge is 2.15. The van der Waals surface area contributed by atoms with Crippen LogP contribution in [0.15, 0.2) is 26.3 Å². The Morgan fingerprint density at radius 3 is 2.90 bits per heavy atom. The molecule has 3 aromatic rings. The summed E-state index contributed by atoms with van der Waals surface area (Å²) in [5, 5.41) is 8.68. The predicted octanol–water partition coefficient (Wildman–Crippen LogP) is 3.81. The van der Waals surface area contributed by atoms with Crippen LogP contribution >= 0.6 is 34.4 Å². The zero-order chi connectivity index (χ0) is 14.1. The number of imidazole rings is 1. The number of thiazole rings is 2. The minimum Gasteiger partial charge on any atom is -0.309 e. The lowest BCUT2D eigenvalue weighted by Gasteiger charge is -2.08. The Balaban J connectivity index is 1.92. The van der Waals surface area contributed by atoms with Crippen molar-refractivity contribution in [3.05, 3.63) is 28.3 Å². The van der Waals surface area contributed by atoms with Gasteiger partial charge >= 0.3 is 0 Å². The van der Waals surface area contributed by atoms with Crippen LogP contribution in [0.25, 0.3) is 4.96 Å². The van der Waals surface area contributed by atoms with Gasteiger partial charge in [0.05, 0.1) is 5.69 Å². The van der Waals surface area contributed by atoms with E-state index in [9.17, 15) is 0 Å². The SMILES string of the molecule is Cc1csc(Sc2nc3sccn3c2CNC(C)C)n1. The minimum atomic E-state index is 0.458. The van der Waals surface area contributed by atoms with Crippen molar-refractivity contribution in [2.45, 2.75) is 42.7 Å². The number of aromatic nitrogens is 3. The summed E-state index contributed by atoms with van der Waals surface area (Å²) in [6.07, 6.45) is 2.08. The molecule has 20 heavy (non-hydrogen) atoms. The molecule has 0 atom stereocenters. The second-order valence-electron chi connectivity index (χ2n) is 4.81. The van der Waals surface area contributed by atoms with E-state index in [1.165, 1.54) is 5.69 Å². The lowest BCUT2D eigenvalue weighted by atomic mass is 10.3. The van der Waals surface area contributed by atoms with Crippen LogP contribution in [0.2, 0.25) is 0 Å². The molecule has 0 radical (unpaired) electrons. The summed E-state index contributed by atoms with van der Waals surface area (Å²) >= 11 is 5.00. The number of nitrogens with zero attached hydrogens (tertiary/aromatic N) is 3. The molecular weight excluding hydrogens is 308 g/mol. The first-order chi connectivity index (χ1) is 9.63. The summed E-state index contributed by atoms with van der Waals surface area (Å²) in [6, 6.07) is 0.458. The summed E-state index contributed by atoms with van der Waals surface area (Å²) in [4.78, 5) is 10.3. The first-order valence-corrected chi connectivity index (χ1v) is 8.99. The lowest BCUT2D eigenvalue weighted by Crippen LogP contribution is -2.22. The molecule has 0 aliphatic carbocycles. The van der Waals surface area contributed by atoms with Crippen LogP contribution in [0.5, 0.6) is 0 Å².